The van der Waals surface area contributed by atoms with E-state index in [1.165, 1.54) is 18.4 Å². The van der Waals surface area contributed by atoms with Crippen LogP contribution in [0.2, 0.25) is 0 Å². The third-order valence-corrected chi connectivity index (χ3v) is 4.30. The van der Waals surface area contributed by atoms with Crippen molar-refractivity contribution in [3.05, 3.63) is 47.5 Å². The first-order chi connectivity index (χ1) is 9.29. The van der Waals surface area contributed by atoms with Crippen molar-refractivity contribution in [2.75, 3.05) is 6.61 Å². The second kappa shape index (κ2) is 5.20. The Hall–Kier alpha value is -1.57. The number of hydrogen-bond donors (Lipinski definition) is 0. The second-order valence-corrected chi connectivity index (χ2v) is 5.61. The Morgan fingerprint density at radius 3 is 2.79 bits per heavy atom. The molecule has 0 amide bonds. The first kappa shape index (κ1) is 12.5. The molecule has 0 N–H and O–H groups in total. The van der Waals surface area contributed by atoms with E-state index in [9.17, 15) is 4.79 Å². The molecular weight excluding hydrogens is 236 g/mol. The molecule has 2 aliphatic carbocycles. The highest BCUT2D eigenvalue weighted by Crippen LogP contribution is 2.49. The quantitative estimate of drug-likeness (QED) is 0.602. The molecule has 0 heterocycles. The average Bonchev–Trinajstić information content (AvgIpc) is 3.07. The maximum atomic E-state index is 12.1. The summed E-state index contributed by atoms with van der Waals surface area (Å²) >= 11 is 0. The Balaban J connectivity index is 1.85. The molecule has 0 aromatic heterocycles. The Morgan fingerprint density at radius 1 is 1.26 bits per heavy atom. The number of esters is 1. The van der Waals surface area contributed by atoms with E-state index in [4.69, 9.17) is 4.74 Å². The van der Waals surface area contributed by atoms with E-state index in [2.05, 4.69) is 18.2 Å². The van der Waals surface area contributed by atoms with Gasteiger partial charge in [0, 0.05) is 0 Å². The van der Waals surface area contributed by atoms with E-state index in [0.717, 1.165) is 17.9 Å². The number of benzene rings is 1. The van der Waals surface area contributed by atoms with Gasteiger partial charge in [0.1, 0.15) is 0 Å². The molecule has 1 saturated carbocycles. The van der Waals surface area contributed by atoms with Crippen molar-refractivity contribution < 1.29 is 9.53 Å². The van der Waals surface area contributed by atoms with Gasteiger partial charge in [-0.25, -0.2) is 4.79 Å². The molecule has 3 unspecified atom stereocenters. The zero-order valence-electron chi connectivity index (χ0n) is 11.3. The zero-order valence-corrected chi connectivity index (χ0v) is 11.3. The lowest BCUT2D eigenvalue weighted by Crippen LogP contribution is -2.13. The first-order valence-electron chi connectivity index (χ1n) is 7.24. The second-order valence-electron chi connectivity index (χ2n) is 5.61. The van der Waals surface area contributed by atoms with Gasteiger partial charge >= 0.3 is 5.97 Å². The number of hydrogen-bond acceptors (Lipinski definition) is 2. The van der Waals surface area contributed by atoms with E-state index >= 15 is 0 Å². The Bertz CT molecular complexity index is 504. The number of rotatable bonds is 4. The Kier molecular flexibility index (Phi) is 3.41. The van der Waals surface area contributed by atoms with Gasteiger partial charge in [0.05, 0.1) is 12.2 Å². The van der Waals surface area contributed by atoms with Crippen LogP contribution in [-0.4, -0.2) is 12.6 Å². The highest BCUT2D eigenvalue weighted by Gasteiger charge is 2.37. The van der Waals surface area contributed by atoms with Crippen molar-refractivity contribution in [1.29, 1.82) is 0 Å². The van der Waals surface area contributed by atoms with Gasteiger partial charge in [-0.3, -0.25) is 0 Å². The molecule has 100 valence electrons. The normalized spacial score (nSPS) is 27.7. The molecule has 1 fully saturated rings. The maximum absolute atomic E-state index is 12.1. The fourth-order valence-corrected chi connectivity index (χ4v) is 3.42. The van der Waals surface area contributed by atoms with Crippen LogP contribution in [0.3, 0.4) is 0 Å². The average molecular weight is 256 g/mol. The summed E-state index contributed by atoms with van der Waals surface area (Å²) in [4.78, 5) is 12.1. The number of carbonyl (C=O) groups excluding carboxylic acids is 1. The first-order valence-corrected chi connectivity index (χ1v) is 7.24. The highest BCUT2D eigenvalue weighted by molar-refractivity contribution is 5.91. The minimum absolute atomic E-state index is 0.163. The lowest BCUT2D eigenvalue weighted by atomic mass is 9.84. The summed E-state index contributed by atoms with van der Waals surface area (Å²) in [6.07, 6.45) is 7.96. The largest absolute Gasteiger partial charge is 0.462 e. The predicted molar refractivity (Wildman–Crippen MR) is 75.1 cm³/mol. The third-order valence-electron chi connectivity index (χ3n) is 4.30. The molecule has 2 aliphatic rings. The molecule has 0 saturated heterocycles. The molecule has 19 heavy (non-hydrogen) atoms. The van der Waals surface area contributed by atoms with Crippen LogP contribution in [-0.2, 0) is 4.74 Å². The molecule has 3 rings (SSSR count). The van der Waals surface area contributed by atoms with Gasteiger partial charge in [0.2, 0.25) is 0 Å². The fraction of sp³-hybridized carbons (Fsp3) is 0.471. The van der Waals surface area contributed by atoms with E-state index in [-0.39, 0.29) is 5.97 Å². The molecule has 0 spiro atoms. The monoisotopic (exact) mass is 256 g/mol. The smallest absolute Gasteiger partial charge is 0.338 e. The molecule has 2 nitrogen and oxygen atoms in total. The molecule has 1 aromatic rings. The van der Waals surface area contributed by atoms with Gasteiger partial charge < -0.3 is 4.74 Å². The summed E-state index contributed by atoms with van der Waals surface area (Å²) in [5.74, 6) is 1.67. The SMILES string of the molecule is CCCOC(=O)c1ccccc1C1CC2C=CC1C2. The van der Waals surface area contributed by atoms with Gasteiger partial charge in [-0.1, -0.05) is 37.3 Å². The summed E-state index contributed by atoms with van der Waals surface area (Å²) in [6, 6.07) is 7.96. The molecular formula is C17H20O2. The molecule has 2 heteroatoms. The molecule has 3 atom stereocenters. The Morgan fingerprint density at radius 2 is 2.11 bits per heavy atom. The van der Waals surface area contributed by atoms with Crippen molar-refractivity contribution in [1.82, 2.24) is 0 Å². The minimum atomic E-state index is -0.163. The van der Waals surface area contributed by atoms with Gasteiger partial charge in [-0.2, -0.15) is 0 Å². The van der Waals surface area contributed by atoms with E-state index in [1.807, 2.05) is 25.1 Å². The van der Waals surface area contributed by atoms with Crippen molar-refractivity contribution in [2.24, 2.45) is 11.8 Å². The Labute approximate surface area is 114 Å². The summed E-state index contributed by atoms with van der Waals surface area (Å²) in [7, 11) is 0. The van der Waals surface area contributed by atoms with Gasteiger partial charge in [-0.15, -0.1) is 0 Å². The van der Waals surface area contributed by atoms with Crippen molar-refractivity contribution >= 4 is 5.97 Å². The summed E-state index contributed by atoms with van der Waals surface area (Å²) < 4.78 is 5.30. The fourth-order valence-electron chi connectivity index (χ4n) is 3.42. The summed E-state index contributed by atoms with van der Waals surface area (Å²) in [6.45, 7) is 2.52. The van der Waals surface area contributed by atoms with Gasteiger partial charge in [-0.05, 0) is 48.6 Å². The molecule has 0 radical (unpaired) electrons. The molecule has 0 aliphatic heterocycles. The topological polar surface area (TPSA) is 26.3 Å². The van der Waals surface area contributed by atoms with Crippen LogP contribution < -0.4 is 0 Å². The predicted octanol–water partition coefficient (Wildman–Crippen LogP) is 3.93. The van der Waals surface area contributed by atoms with Crippen LogP contribution in [0.4, 0.5) is 0 Å². The van der Waals surface area contributed by atoms with Crippen LogP contribution in [0.15, 0.2) is 36.4 Å². The van der Waals surface area contributed by atoms with E-state index in [0.29, 0.717) is 18.4 Å². The van der Waals surface area contributed by atoms with Gasteiger partial charge in [0.15, 0.2) is 0 Å². The highest BCUT2D eigenvalue weighted by atomic mass is 16.5. The van der Waals surface area contributed by atoms with Gasteiger partial charge in [0.25, 0.3) is 0 Å². The summed E-state index contributed by atoms with van der Waals surface area (Å²) in [5, 5.41) is 0. The van der Waals surface area contributed by atoms with E-state index in [1.54, 1.807) is 0 Å². The van der Waals surface area contributed by atoms with Crippen LogP contribution in [0.1, 0.15) is 48.0 Å². The minimum Gasteiger partial charge on any atom is -0.462 e. The van der Waals surface area contributed by atoms with Crippen LogP contribution in [0, 0.1) is 11.8 Å². The standard InChI is InChI=1S/C17H20O2/c1-2-9-19-17(18)15-6-4-3-5-14(15)16-11-12-7-8-13(16)10-12/h3-8,12-13,16H,2,9-11H2,1H3. The third kappa shape index (κ3) is 2.32. The maximum Gasteiger partial charge on any atom is 0.338 e. The molecule has 2 bridgehead atoms. The number of allylic oxidation sites excluding steroid dienone is 2. The lowest BCUT2D eigenvalue weighted by molar-refractivity contribution is 0.0503. The van der Waals surface area contributed by atoms with Crippen LogP contribution >= 0.6 is 0 Å². The zero-order chi connectivity index (χ0) is 13.2. The van der Waals surface area contributed by atoms with E-state index < -0.39 is 0 Å². The van der Waals surface area contributed by atoms with Crippen molar-refractivity contribution in [2.45, 2.75) is 32.1 Å². The lowest BCUT2D eigenvalue weighted by Gasteiger charge is -2.21. The van der Waals surface area contributed by atoms with Crippen LogP contribution in [0.5, 0.6) is 0 Å². The molecule has 1 aromatic carbocycles. The number of ether oxygens (including phenoxy) is 1. The van der Waals surface area contributed by atoms with Crippen LogP contribution in [0.25, 0.3) is 0 Å². The number of fused-ring (bicyclic) bond motifs is 2. The van der Waals surface area contributed by atoms with Crippen molar-refractivity contribution in [3.8, 4) is 0 Å². The summed E-state index contributed by atoms with van der Waals surface area (Å²) in [5.41, 5.74) is 1.95. The van der Waals surface area contributed by atoms with Crippen molar-refractivity contribution in [3.63, 3.8) is 0 Å². The number of carbonyl (C=O) groups is 1.